The number of aliphatic hydroxyl groups is 1. The first kappa shape index (κ1) is 14.7. The van der Waals surface area contributed by atoms with Gasteiger partial charge in [-0.15, -0.1) is 11.3 Å². The van der Waals surface area contributed by atoms with E-state index in [2.05, 4.69) is 39.1 Å². The fraction of sp³-hybridized carbons (Fsp3) is 0.714. The highest BCUT2D eigenvalue weighted by Gasteiger charge is 2.20. The van der Waals surface area contributed by atoms with Crippen LogP contribution in [0.15, 0.2) is 6.07 Å². The number of hydrogen-bond acceptors (Lipinski definition) is 3. The summed E-state index contributed by atoms with van der Waals surface area (Å²) in [7, 11) is 0. The average molecular weight is 255 g/mol. The lowest BCUT2D eigenvalue weighted by molar-refractivity contribution is 0.0476. The van der Waals surface area contributed by atoms with Crippen molar-refractivity contribution in [2.45, 2.75) is 59.1 Å². The van der Waals surface area contributed by atoms with E-state index < -0.39 is 5.60 Å². The van der Waals surface area contributed by atoms with Crippen molar-refractivity contribution in [2.75, 3.05) is 6.54 Å². The summed E-state index contributed by atoms with van der Waals surface area (Å²) in [5.74, 6) is 0. The largest absolute Gasteiger partial charge is 0.389 e. The molecule has 2 nitrogen and oxygen atoms in total. The van der Waals surface area contributed by atoms with Crippen LogP contribution in [0.4, 0.5) is 0 Å². The quantitative estimate of drug-likeness (QED) is 0.814. The van der Waals surface area contributed by atoms with Crippen molar-refractivity contribution >= 4 is 11.3 Å². The lowest BCUT2D eigenvalue weighted by atomic mass is 10.00. The van der Waals surface area contributed by atoms with Gasteiger partial charge in [-0.05, 0) is 45.7 Å². The summed E-state index contributed by atoms with van der Waals surface area (Å²) in [5.41, 5.74) is 0.766. The number of rotatable bonds is 6. The molecule has 0 radical (unpaired) electrons. The van der Waals surface area contributed by atoms with Gasteiger partial charge in [0.2, 0.25) is 0 Å². The Bertz CT molecular complexity index is 357. The Morgan fingerprint density at radius 2 is 2.12 bits per heavy atom. The lowest BCUT2D eigenvalue weighted by Gasteiger charge is -2.25. The van der Waals surface area contributed by atoms with Gasteiger partial charge in [-0.25, -0.2) is 0 Å². The Labute approximate surface area is 109 Å². The van der Waals surface area contributed by atoms with Gasteiger partial charge in [0.1, 0.15) is 0 Å². The van der Waals surface area contributed by atoms with Crippen LogP contribution in [-0.2, 0) is 0 Å². The maximum atomic E-state index is 10.1. The van der Waals surface area contributed by atoms with E-state index in [4.69, 9.17) is 0 Å². The third kappa shape index (κ3) is 4.41. The van der Waals surface area contributed by atoms with E-state index in [-0.39, 0.29) is 0 Å². The van der Waals surface area contributed by atoms with Crippen molar-refractivity contribution in [3.8, 4) is 0 Å². The molecule has 1 aromatic rings. The van der Waals surface area contributed by atoms with Crippen LogP contribution in [0.2, 0.25) is 0 Å². The van der Waals surface area contributed by atoms with Crippen LogP contribution >= 0.6 is 11.3 Å². The molecule has 0 amide bonds. The molecule has 3 heteroatoms. The Morgan fingerprint density at radius 1 is 1.47 bits per heavy atom. The minimum absolute atomic E-state index is 0.309. The Kier molecular flexibility index (Phi) is 5.17. The van der Waals surface area contributed by atoms with Crippen molar-refractivity contribution in [1.29, 1.82) is 0 Å². The van der Waals surface area contributed by atoms with Gasteiger partial charge in [-0.2, -0.15) is 0 Å². The first-order valence-corrected chi connectivity index (χ1v) is 7.20. The molecule has 1 heterocycles. The minimum Gasteiger partial charge on any atom is -0.389 e. The van der Waals surface area contributed by atoms with E-state index in [1.165, 1.54) is 15.3 Å². The van der Waals surface area contributed by atoms with E-state index in [0.29, 0.717) is 12.6 Å². The zero-order valence-corrected chi connectivity index (χ0v) is 12.4. The summed E-state index contributed by atoms with van der Waals surface area (Å²) in [6.45, 7) is 11.1. The van der Waals surface area contributed by atoms with Gasteiger partial charge in [-0.1, -0.05) is 13.3 Å². The second-order valence-electron chi connectivity index (χ2n) is 5.22. The van der Waals surface area contributed by atoms with Gasteiger partial charge in [0.15, 0.2) is 0 Å². The Balaban J connectivity index is 2.55. The van der Waals surface area contributed by atoms with Gasteiger partial charge in [0.25, 0.3) is 0 Å². The molecule has 0 saturated heterocycles. The van der Waals surface area contributed by atoms with Crippen LogP contribution < -0.4 is 5.32 Å². The molecule has 0 aromatic carbocycles. The molecule has 0 aliphatic rings. The summed E-state index contributed by atoms with van der Waals surface area (Å²) in [4.78, 5) is 2.73. The molecule has 17 heavy (non-hydrogen) atoms. The minimum atomic E-state index is -0.595. The first-order valence-electron chi connectivity index (χ1n) is 6.38. The highest BCUT2D eigenvalue weighted by atomic mass is 32.1. The Hall–Kier alpha value is -0.380. The molecule has 0 spiro atoms. The summed E-state index contributed by atoms with van der Waals surface area (Å²) in [6, 6.07) is 2.55. The van der Waals surface area contributed by atoms with E-state index in [0.717, 1.165) is 12.8 Å². The van der Waals surface area contributed by atoms with Crippen molar-refractivity contribution in [3.63, 3.8) is 0 Å². The number of nitrogens with one attached hydrogen (secondary N) is 1. The standard InChI is InChI=1S/C14H25NOS/c1-6-7-14(5,16)9-15-11(3)13-8-10(2)17-12(13)4/h8,11,15-16H,6-7,9H2,1-5H3. The van der Waals surface area contributed by atoms with Gasteiger partial charge in [-0.3, -0.25) is 0 Å². The average Bonchev–Trinajstić information content (AvgIpc) is 2.54. The van der Waals surface area contributed by atoms with Crippen LogP contribution in [0.25, 0.3) is 0 Å². The summed E-state index contributed by atoms with van der Waals surface area (Å²) in [6.07, 6.45) is 1.86. The highest BCUT2D eigenvalue weighted by molar-refractivity contribution is 7.12. The molecule has 98 valence electrons. The third-order valence-electron chi connectivity index (χ3n) is 3.12. The summed E-state index contributed by atoms with van der Waals surface area (Å²) >= 11 is 1.84. The van der Waals surface area contributed by atoms with E-state index in [9.17, 15) is 5.11 Å². The SMILES string of the molecule is CCCC(C)(O)CNC(C)c1cc(C)sc1C. The van der Waals surface area contributed by atoms with Crippen molar-refractivity contribution in [2.24, 2.45) is 0 Å². The molecular formula is C14H25NOS. The van der Waals surface area contributed by atoms with Crippen LogP contribution in [-0.4, -0.2) is 17.3 Å². The number of aryl methyl sites for hydroxylation is 2. The molecular weight excluding hydrogens is 230 g/mol. The van der Waals surface area contributed by atoms with E-state index in [1.807, 2.05) is 18.3 Å². The van der Waals surface area contributed by atoms with Gasteiger partial charge >= 0.3 is 0 Å². The number of thiophene rings is 1. The summed E-state index contributed by atoms with van der Waals surface area (Å²) in [5, 5.41) is 13.6. The predicted octanol–water partition coefficient (Wildman–Crippen LogP) is 3.57. The molecule has 0 bridgehead atoms. The molecule has 0 fully saturated rings. The normalized spacial score (nSPS) is 16.8. The van der Waals surface area contributed by atoms with E-state index >= 15 is 0 Å². The molecule has 2 unspecified atom stereocenters. The zero-order valence-electron chi connectivity index (χ0n) is 11.6. The van der Waals surface area contributed by atoms with Crippen LogP contribution in [0.1, 0.15) is 55.0 Å². The Morgan fingerprint density at radius 3 is 2.59 bits per heavy atom. The smallest absolute Gasteiger partial charge is 0.0743 e. The molecule has 1 aromatic heterocycles. The van der Waals surface area contributed by atoms with Gasteiger partial charge < -0.3 is 10.4 Å². The second kappa shape index (κ2) is 5.98. The topological polar surface area (TPSA) is 32.3 Å². The second-order valence-corrected chi connectivity index (χ2v) is 6.68. The molecule has 2 N–H and O–H groups in total. The van der Waals surface area contributed by atoms with Crippen LogP contribution in [0.5, 0.6) is 0 Å². The van der Waals surface area contributed by atoms with Crippen molar-refractivity contribution in [1.82, 2.24) is 5.32 Å². The van der Waals surface area contributed by atoms with Gasteiger partial charge in [0.05, 0.1) is 5.60 Å². The summed E-state index contributed by atoms with van der Waals surface area (Å²) < 4.78 is 0. The highest BCUT2D eigenvalue weighted by Crippen LogP contribution is 2.26. The maximum Gasteiger partial charge on any atom is 0.0743 e. The van der Waals surface area contributed by atoms with Crippen molar-refractivity contribution in [3.05, 3.63) is 21.4 Å². The molecule has 1 rings (SSSR count). The van der Waals surface area contributed by atoms with Crippen molar-refractivity contribution < 1.29 is 5.11 Å². The zero-order chi connectivity index (χ0) is 13.1. The van der Waals surface area contributed by atoms with Gasteiger partial charge in [0, 0.05) is 22.3 Å². The first-order chi connectivity index (χ1) is 7.85. The van der Waals surface area contributed by atoms with Crippen LogP contribution in [0.3, 0.4) is 0 Å². The molecule has 2 atom stereocenters. The molecule has 0 saturated carbocycles. The maximum absolute atomic E-state index is 10.1. The third-order valence-corrected chi connectivity index (χ3v) is 4.11. The lowest BCUT2D eigenvalue weighted by Crippen LogP contribution is -2.38. The molecule has 0 aliphatic carbocycles. The fourth-order valence-electron chi connectivity index (χ4n) is 2.19. The number of hydrogen-bond donors (Lipinski definition) is 2. The van der Waals surface area contributed by atoms with E-state index in [1.54, 1.807) is 0 Å². The monoisotopic (exact) mass is 255 g/mol. The molecule has 0 aliphatic heterocycles. The van der Waals surface area contributed by atoms with Crippen LogP contribution in [0, 0.1) is 13.8 Å². The fourth-order valence-corrected chi connectivity index (χ4v) is 3.21. The predicted molar refractivity (Wildman–Crippen MR) is 75.7 cm³/mol.